The Balaban J connectivity index is 2.57. The summed E-state index contributed by atoms with van der Waals surface area (Å²) in [5.74, 6) is 1.18. The van der Waals surface area contributed by atoms with Crippen LogP contribution in [0.4, 0.5) is 0 Å². The van der Waals surface area contributed by atoms with Gasteiger partial charge in [-0.15, -0.1) is 0 Å². The number of methoxy groups -OCH3 is 2. The van der Waals surface area contributed by atoms with Gasteiger partial charge in [0.15, 0.2) is 0 Å². The molecule has 1 aromatic heterocycles. The third-order valence-corrected chi connectivity index (χ3v) is 2.70. The molecule has 0 aliphatic heterocycles. The normalized spacial score (nSPS) is 10.5. The third-order valence-electron chi connectivity index (χ3n) is 2.70. The van der Waals surface area contributed by atoms with Gasteiger partial charge in [0.2, 0.25) is 0 Å². The average Bonchev–Trinajstić information content (AvgIpc) is 2.38. The zero-order chi connectivity index (χ0) is 13.8. The van der Waals surface area contributed by atoms with Crippen molar-refractivity contribution in [1.82, 2.24) is 9.97 Å². The van der Waals surface area contributed by atoms with Crippen molar-refractivity contribution in [3.8, 4) is 17.0 Å². The number of rotatable bonds is 4. The molecule has 0 radical (unpaired) electrons. The molecule has 0 fully saturated rings. The predicted octanol–water partition coefficient (Wildman–Crippen LogP) is 1.90. The second-order valence-corrected chi connectivity index (χ2v) is 4.21. The van der Waals surface area contributed by atoms with Crippen LogP contribution >= 0.6 is 0 Å². The van der Waals surface area contributed by atoms with E-state index in [1.54, 1.807) is 14.2 Å². The van der Waals surface area contributed by atoms with Gasteiger partial charge in [0.25, 0.3) is 5.56 Å². The summed E-state index contributed by atoms with van der Waals surface area (Å²) < 4.78 is 10.3. The molecular formula is C14H16N2O3. The zero-order valence-electron chi connectivity index (χ0n) is 11.2. The molecule has 5 heteroatoms. The summed E-state index contributed by atoms with van der Waals surface area (Å²) >= 11 is 0. The molecule has 0 amide bonds. The van der Waals surface area contributed by atoms with Crippen LogP contribution in [0.5, 0.6) is 5.75 Å². The molecule has 0 bridgehead atoms. The fourth-order valence-electron chi connectivity index (χ4n) is 1.87. The molecule has 1 N–H and O–H groups in total. The van der Waals surface area contributed by atoms with Crippen LogP contribution in [0.1, 0.15) is 11.4 Å². The highest BCUT2D eigenvalue weighted by Crippen LogP contribution is 2.28. The minimum atomic E-state index is -0.208. The lowest BCUT2D eigenvalue weighted by Crippen LogP contribution is -2.12. The van der Waals surface area contributed by atoms with E-state index < -0.39 is 0 Å². The zero-order valence-corrected chi connectivity index (χ0v) is 11.2. The molecule has 0 saturated heterocycles. The fraction of sp³-hybridized carbons (Fsp3) is 0.286. The molecule has 5 nitrogen and oxygen atoms in total. The fourth-order valence-corrected chi connectivity index (χ4v) is 1.87. The lowest BCUT2D eigenvalue weighted by molar-refractivity contribution is 0.177. The Bertz CT molecular complexity index is 635. The minimum Gasteiger partial charge on any atom is -0.496 e. The highest BCUT2D eigenvalue weighted by molar-refractivity contribution is 5.67. The van der Waals surface area contributed by atoms with Crippen LogP contribution in [0.25, 0.3) is 11.3 Å². The molecule has 0 unspecified atom stereocenters. The number of hydrogen-bond acceptors (Lipinski definition) is 4. The molecular weight excluding hydrogens is 244 g/mol. The molecule has 1 heterocycles. The number of hydrogen-bond donors (Lipinski definition) is 1. The van der Waals surface area contributed by atoms with Crippen LogP contribution in [-0.2, 0) is 11.3 Å². The van der Waals surface area contributed by atoms with E-state index in [-0.39, 0.29) is 12.2 Å². The van der Waals surface area contributed by atoms with E-state index in [1.165, 1.54) is 6.07 Å². The van der Waals surface area contributed by atoms with Crippen LogP contribution in [0, 0.1) is 6.92 Å². The molecule has 0 saturated carbocycles. The maximum Gasteiger partial charge on any atom is 0.251 e. The summed E-state index contributed by atoms with van der Waals surface area (Å²) in [5, 5.41) is 0. The van der Waals surface area contributed by atoms with Crippen molar-refractivity contribution in [2.45, 2.75) is 13.5 Å². The standard InChI is InChI=1S/C14H16N2O3/c1-9-4-5-12(19-3)10(6-9)11-7-14(17)16-13(15-11)8-18-2/h4-7H,8H2,1-3H3,(H,15,16,17). The third kappa shape index (κ3) is 3.00. The first-order chi connectivity index (χ1) is 9.13. The van der Waals surface area contributed by atoms with Gasteiger partial charge in [0, 0.05) is 18.7 Å². The number of aryl methyl sites for hydroxylation is 1. The summed E-state index contributed by atoms with van der Waals surface area (Å²) in [6.07, 6.45) is 0. The molecule has 0 spiro atoms. The summed E-state index contributed by atoms with van der Waals surface area (Å²) in [4.78, 5) is 18.7. The van der Waals surface area contributed by atoms with E-state index in [1.807, 2.05) is 25.1 Å². The Hall–Kier alpha value is -2.14. The van der Waals surface area contributed by atoms with E-state index in [9.17, 15) is 4.79 Å². The van der Waals surface area contributed by atoms with Gasteiger partial charge >= 0.3 is 0 Å². The van der Waals surface area contributed by atoms with E-state index in [0.717, 1.165) is 11.1 Å². The maximum atomic E-state index is 11.7. The van der Waals surface area contributed by atoms with Crippen molar-refractivity contribution < 1.29 is 9.47 Å². The molecule has 100 valence electrons. The Morgan fingerprint density at radius 3 is 2.74 bits per heavy atom. The molecule has 0 atom stereocenters. The number of nitrogens with one attached hydrogen (secondary N) is 1. The van der Waals surface area contributed by atoms with E-state index in [0.29, 0.717) is 17.3 Å². The summed E-state index contributed by atoms with van der Waals surface area (Å²) in [6.45, 7) is 2.24. The SMILES string of the molecule is COCc1nc(-c2cc(C)ccc2OC)cc(=O)[nH]1. The van der Waals surface area contributed by atoms with Gasteiger partial charge in [-0.3, -0.25) is 4.79 Å². The first kappa shape index (κ1) is 13.3. The summed E-state index contributed by atoms with van der Waals surface area (Å²) in [7, 11) is 3.15. The van der Waals surface area contributed by atoms with Crippen molar-refractivity contribution in [2.24, 2.45) is 0 Å². The van der Waals surface area contributed by atoms with Crippen molar-refractivity contribution in [3.05, 3.63) is 46.0 Å². The average molecular weight is 260 g/mol. The highest BCUT2D eigenvalue weighted by Gasteiger charge is 2.10. The van der Waals surface area contributed by atoms with Crippen LogP contribution in [0.2, 0.25) is 0 Å². The van der Waals surface area contributed by atoms with Gasteiger partial charge in [0.05, 0.1) is 12.8 Å². The van der Waals surface area contributed by atoms with Gasteiger partial charge in [-0.05, 0) is 19.1 Å². The highest BCUT2D eigenvalue weighted by atomic mass is 16.5. The molecule has 2 aromatic rings. The first-order valence-corrected chi connectivity index (χ1v) is 5.88. The van der Waals surface area contributed by atoms with Crippen LogP contribution < -0.4 is 10.3 Å². The molecule has 19 heavy (non-hydrogen) atoms. The largest absolute Gasteiger partial charge is 0.496 e. The molecule has 0 aliphatic carbocycles. The monoisotopic (exact) mass is 260 g/mol. The number of aromatic nitrogens is 2. The Kier molecular flexibility index (Phi) is 3.97. The number of nitrogens with zero attached hydrogens (tertiary/aromatic N) is 1. The van der Waals surface area contributed by atoms with Gasteiger partial charge < -0.3 is 14.5 Å². The Morgan fingerprint density at radius 1 is 1.26 bits per heavy atom. The molecule has 1 aromatic carbocycles. The predicted molar refractivity (Wildman–Crippen MR) is 72.3 cm³/mol. The van der Waals surface area contributed by atoms with Crippen molar-refractivity contribution in [2.75, 3.05) is 14.2 Å². The number of aromatic amines is 1. The van der Waals surface area contributed by atoms with Crippen LogP contribution in [0.3, 0.4) is 0 Å². The van der Waals surface area contributed by atoms with Crippen molar-refractivity contribution >= 4 is 0 Å². The number of H-pyrrole nitrogens is 1. The second kappa shape index (κ2) is 5.67. The van der Waals surface area contributed by atoms with E-state index >= 15 is 0 Å². The summed E-state index contributed by atoms with van der Waals surface area (Å²) in [6, 6.07) is 7.21. The smallest absolute Gasteiger partial charge is 0.251 e. The van der Waals surface area contributed by atoms with E-state index in [2.05, 4.69) is 9.97 Å². The Labute approximate surface area is 111 Å². The molecule has 2 rings (SSSR count). The van der Waals surface area contributed by atoms with Crippen molar-refractivity contribution in [3.63, 3.8) is 0 Å². The lowest BCUT2D eigenvalue weighted by Gasteiger charge is -2.09. The van der Waals surface area contributed by atoms with Crippen LogP contribution in [0.15, 0.2) is 29.1 Å². The van der Waals surface area contributed by atoms with Crippen molar-refractivity contribution in [1.29, 1.82) is 0 Å². The molecule has 0 aliphatic rings. The van der Waals surface area contributed by atoms with Gasteiger partial charge in [-0.25, -0.2) is 4.98 Å². The summed E-state index contributed by atoms with van der Waals surface area (Å²) in [5.41, 5.74) is 2.24. The van der Waals surface area contributed by atoms with E-state index in [4.69, 9.17) is 9.47 Å². The lowest BCUT2D eigenvalue weighted by atomic mass is 10.1. The maximum absolute atomic E-state index is 11.7. The first-order valence-electron chi connectivity index (χ1n) is 5.88. The quantitative estimate of drug-likeness (QED) is 0.912. The minimum absolute atomic E-state index is 0.208. The van der Waals surface area contributed by atoms with Gasteiger partial charge in [-0.1, -0.05) is 11.6 Å². The number of ether oxygens (including phenoxy) is 2. The van der Waals surface area contributed by atoms with Gasteiger partial charge in [-0.2, -0.15) is 0 Å². The van der Waals surface area contributed by atoms with Gasteiger partial charge in [0.1, 0.15) is 18.2 Å². The van der Waals surface area contributed by atoms with Crippen LogP contribution in [-0.4, -0.2) is 24.2 Å². The number of benzene rings is 1. The topological polar surface area (TPSA) is 64.2 Å². The second-order valence-electron chi connectivity index (χ2n) is 4.21. The Morgan fingerprint density at radius 2 is 2.05 bits per heavy atom.